The third-order valence-corrected chi connectivity index (χ3v) is 4.35. The summed E-state index contributed by atoms with van der Waals surface area (Å²) in [7, 11) is 0. The standard InChI is InChI=1S/C17H27N3O/c1-4-19-16(21)12-5-6-14(18)15(11-12)20-13-7-9-17(2,3)10-8-13/h5-6,11,13,20H,4,7-10,18H2,1-3H3,(H,19,21). The molecule has 1 aliphatic carbocycles. The van der Waals surface area contributed by atoms with E-state index in [1.54, 1.807) is 12.1 Å². The van der Waals surface area contributed by atoms with Crippen LogP contribution in [0.2, 0.25) is 0 Å². The number of nitrogens with two attached hydrogens (primary N) is 1. The van der Waals surface area contributed by atoms with Gasteiger partial charge < -0.3 is 16.4 Å². The number of hydrogen-bond acceptors (Lipinski definition) is 3. The lowest BCUT2D eigenvalue weighted by atomic mass is 9.75. The summed E-state index contributed by atoms with van der Waals surface area (Å²) in [6, 6.07) is 5.89. The highest BCUT2D eigenvalue weighted by atomic mass is 16.1. The maximum Gasteiger partial charge on any atom is 0.251 e. The van der Waals surface area contributed by atoms with Gasteiger partial charge in [0.15, 0.2) is 0 Å². The molecule has 21 heavy (non-hydrogen) atoms. The topological polar surface area (TPSA) is 67.2 Å². The van der Waals surface area contributed by atoms with Gasteiger partial charge in [0.25, 0.3) is 5.91 Å². The Morgan fingerprint density at radius 3 is 2.62 bits per heavy atom. The normalized spacial score (nSPS) is 18.2. The molecule has 0 saturated heterocycles. The lowest BCUT2D eigenvalue weighted by molar-refractivity contribution is 0.0956. The molecule has 0 aliphatic heterocycles. The lowest BCUT2D eigenvalue weighted by Crippen LogP contribution is -2.30. The van der Waals surface area contributed by atoms with E-state index in [9.17, 15) is 4.79 Å². The van der Waals surface area contributed by atoms with Gasteiger partial charge in [-0.2, -0.15) is 0 Å². The molecule has 0 atom stereocenters. The zero-order chi connectivity index (χ0) is 15.5. The Morgan fingerprint density at radius 1 is 1.33 bits per heavy atom. The SMILES string of the molecule is CCNC(=O)c1ccc(N)c(NC2CCC(C)(C)CC2)c1. The average Bonchev–Trinajstić information content (AvgIpc) is 2.43. The molecule has 4 heteroatoms. The van der Waals surface area contributed by atoms with Crippen LogP contribution in [0.4, 0.5) is 11.4 Å². The van der Waals surface area contributed by atoms with Crippen LogP contribution >= 0.6 is 0 Å². The van der Waals surface area contributed by atoms with Gasteiger partial charge in [-0.3, -0.25) is 4.79 Å². The van der Waals surface area contributed by atoms with Crippen LogP contribution in [0.15, 0.2) is 18.2 Å². The van der Waals surface area contributed by atoms with Gasteiger partial charge in [0.1, 0.15) is 0 Å². The second-order valence-corrected chi connectivity index (χ2v) is 6.74. The van der Waals surface area contributed by atoms with Crippen LogP contribution in [0.3, 0.4) is 0 Å². The highest BCUT2D eigenvalue weighted by Gasteiger charge is 2.27. The average molecular weight is 289 g/mol. The van der Waals surface area contributed by atoms with E-state index in [1.165, 1.54) is 12.8 Å². The molecule has 0 heterocycles. The van der Waals surface area contributed by atoms with Crippen LogP contribution in [0.5, 0.6) is 0 Å². The summed E-state index contributed by atoms with van der Waals surface area (Å²) in [6.07, 6.45) is 4.75. The molecule has 0 unspecified atom stereocenters. The first kappa shape index (κ1) is 15.7. The monoisotopic (exact) mass is 289 g/mol. The van der Waals surface area contributed by atoms with Crippen molar-refractivity contribution in [2.75, 3.05) is 17.6 Å². The van der Waals surface area contributed by atoms with E-state index in [-0.39, 0.29) is 5.91 Å². The van der Waals surface area contributed by atoms with Crippen molar-refractivity contribution < 1.29 is 4.79 Å². The minimum Gasteiger partial charge on any atom is -0.397 e. The Kier molecular flexibility index (Phi) is 4.76. The van der Waals surface area contributed by atoms with Crippen LogP contribution in [0.1, 0.15) is 56.8 Å². The van der Waals surface area contributed by atoms with Gasteiger partial charge in [-0.05, 0) is 56.2 Å². The fourth-order valence-corrected chi connectivity index (χ4v) is 2.85. The van der Waals surface area contributed by atoms with Crippen LogP contribution in [0, 0.1) is 5.41 Å². The van der Waals surface area contributed by atoms with Gasteiger partial charge in [-0.25, -0.2) is 0 Å². The highest BCUT2D eigenvalue weighted by molar-refractivity contribution is 5.96. The van der Waals surface area contributed by atoms with E-state index < -0.39 is 0 Å². The molecule has 2 rings (SSSR count). The van der Waals surface area contributed by atoms with Gasteiger partial charge in [0, 0.05) is 18.2 Å². The van der Waals surface area contributed by atoms with Crippen LogP contribution < -0.4 is 16.4 Å². The van der Waals surface area contributed by atoms with E-state index in [2.05, 4.69) is 24.5 Å². The van der Waals surface area contributed by atoms with Crippen molar-refractivity contribution in [1.82, 2.24) is 5.32 Å². The molecule has 4 N–H and O–H groups in total. The summed E-state index contributed by atoms with van der Waals surface area (Å²) in [5.41, 5.74) is 8.73. The fourth-order valence-electron chi connectivity index (χ4n) is 2.85. The number of carbonyl (C=O) groups is 1. The summed E-state index contributed by atoms with van der Waals surface area (Å²) in [5.74, 6) is -0.0506. The largest absolute Gasteiger partial charge is 0.397 e. The van der Waals surface area contributed by atoms with Crippen molar-refractivity contribution >= 4 is 17.3 Å². The van der Waals surface area contributed by atoms with Crippen molar-refractivity contribution in [3.63, 3.8) is 0 Å². The molecule has 0 radical (unpaired) electrons. The van der Waals surface area contributed by atoms with Gasteiger partial charge in [0.05, 0.1) is 11.4 Å². The molecule has 1 saturated carbocycles. The van der Waals surface area contributed by atoms with Crippen LogP contribution in [-0.4, -0.2) is 18.5 Å². The van der Waals surface area contributed by atoms with E-state index in [0.29, 0.717) is 29.3 Å². The lowest BCUT2D eigenvalue weighted by Gasteiger charge is -2.35. The van der Waals surface area contributed by atoms with E-state index in [1.807, 2.05) is 13.0 Å². The number of carbonyl (C=O) groups excluding carboxylic acids is 1. The molecule has 0 spiro atoms. The molecular formula is C17H27N3O. The summed E-state index contributed by atoms with van der Waals surface area (Å²) in [6.45, 7) is 7.20. The van der Waals surface area contributed by atoms with Crippen LogP contribution in [-0.2, 0) is 0 Å². The quantitative estimate of drug-likeness (QED) is 0.744. The molecule has 1 amide bonds. The van der Waals surface area contributed by atoms with E-state index in [0.717, 1.165) is 18.5 Å². The second kappa shape index (κ2) is 6.37. The van der Waals surface area contributed by atoms with Crippen molar-refractivity contribution in [2.45, 2.75) is 52.5 Å². The molecule has 1 aromatic rings. The van der Waals surface area contributed by atoms with Crippen molar-refractivity contribution in [1.29, 1.82) is 0 Å². The third kappa shape index (κ3) is 4.13. The molecular weight excluding hydrogens is 262 g/mol. The maximum absolute atomic E-state index is 11.9. The Labute approximate surface area is 127 Å². The molecule has 1 fully saturated rings. The minimum absolute atomic E-state index is 0.0506. The van der Waals surface area contributed by atoms with Gasteiger partial charge in [0.2, 0.25) is 0 Å². The Morgan fingerprint density at radius 2 is 2.00 bits per heavy atom. The maximum atomic E-state index is 11.9. The number of nitrogens with one attached hydrogen (secondary N) is 2. The number of hydrogen-bond donors (Lipinski definition) is 3. The summed E-state index contributed by atoms with van der Waals surface area (Å²) in [5, 5.41) is 6.33. The first-order chi connectivity index (χ1) is 9.91. The number of benzene rings is 1. The molecule has 0 bridgehead atoms. The first-order valence-corrected chi connectivity index (χ1v) is 7.85. The van der Waals surface area contributed by atoms with Crippen molar-refractivity contribution in [3.8, 4) is 0 Å². The molecule has 116 valence electrons. The fraction of sp³-hybridized carbons (Fsp3) is 0.588. The minimum atomic E-state index is -0.0506. The van der Waals surface area contributed by atoms with Crippen molar-refractivity contribution in [2.24, 2.45) is 5.41 Å². The molecule has 1 aromatic carbocycles. The number of nitrogen functional groups attached to an aromatic ring is 1. The Balaban J connectivity index is 2.06. The number of rotatable bonds is 4. The number of amides is 1. The predicted molar refractivity (Wildman–Crippen MR) is 88.5 cm³/mol. The molecule has 1 aliphatic rings. The summed E-state index contributed by atoms with van der Waals surface area (Å²) < 4.78 is 0. The summed E-state index contributed by atoms with van der Waals surface area (Å²) >= 11 is 0. The zero-order valence-corrected chi connectivity index (χ0v) is 13.3. The zero-order valence-electron chi connectivity index (χ0n) is 13.3. The van der Waals surface area contributed by atoms with E-state index in [4.69, 9.17) is 5.73 Å². The van der Waals surface area contributed by atoms with Gasteiger partial charge in [-0.1, -0.05) is 13.8 Å². The Hall–Kier alpha value is -1.71. The van der Waals surface area contributed by atoms with Gasteiger partial charge >= 0.3 is 0 Å². The third-order valence-electron chi connectivity index (χ3n) is 4.35. The Bertz CT molecular complexity index is 501. The highest BCUT2D eigenvalue weighted by Crippen LogP contribution is 2.36. The number of anilines is 2. The first-order valence-electron chi connectivity index (χ1n) is 7.85. The van der Waals surface area contributed by atoms with Crippen LogP contribution in [0.25, 0.3) is 0 Å². The molecule has 0 aromatic heterocycles. The molecule has 4 nitrogen and oxygen atoms in total. The smallest absolute Gasteiger partial charge is 0.251 e. The second-order valence-electron chi connectivity index (χ2n) is 6.74. The van der Waals surface area contributed by atoms with Crippen molar-refractivity contribution in [3.05, 3.63) is 23.8 Å². The van der Waals surface area contributed by atoms with E-state index >= 15 is 0 Å². The predicted octanol–water partition coefficient (Wildman–Crippen LogP) is 3.40. The van der Waals surface area contributed by atoms with Gasteiger partial charge in [-0.15, -0.1) is 0 Å². The summed E-state index contributed by atoms with van der Waals surface area (Å²) in [4.78, 5) is 11.9.